The fraction of sp³-hybridized carbons (Fsp3) is 0.658. The molecule has 5 N–H and O–H groups in total. The molecule has 0 radical (unpaired) electrons. The minimum absolute atomic E-state index is 0.0198. The van der Waals surface area contributed by atoms with Gasteiger partial charge in [-0.3, -0.25) is 0 Å². The fourth-order valence-electron chi connectivity index (χ4n) is 38.3. The average Bonchev–Trinajstić information content (AvgIpc) is 1.65. The fourth-order valence-corrected chi connectivity index (χ4v) is 39.7. The number of fused-ring (bicyclic) bond motifs is 21. The lowest BCUT2D eigenvalue weighted by molar-refractivity contribution is -0.219. The Kier molecular flexibility index (Phi) is 24.4. The van der Waals surface area contributed by atoms with Gasteiger partial charge in [-0.15, -0.1) is 0 Å². The zero-order valence-electron chi connectivity index (χ0n) is 84.3. The van der Waals surface area contributed by atoms with E-state index in [1.807, 2.05) is 59.1 Å². The maximum absolute atomic E-state index is 12.1. The zero-order chi connectivity index (χ0) is 93.6. The second-order valence-corrected chi connectivity index (χ2v) is 52.3. The zero-order valence-corrected chi connectivity index (χ0v) is 85.9. The lowest BCUT2D eigenvalue weighted by Gasteiger charge is -2.72. The van der Waals surface area contributed by atoms with Crippen LogP contribution in [0.5, 0.6) is 0 Å². The van der Waals surface area contributed by atoms with E-state index < -0.39 is 5.97 Å². The Morgan fingerprint density at radius 3 is 1.00 bits per heavy atom. The summed E-state index contributed by atoms with van der Waals surface area (Å²) >= 11 is 3.63. The highest BCUT2D eigenvalue weighted by Crippen LogP contribution is 2.82. The Morgan fingerprint density at radius 2 is 0.687 bits per heavy atom. The minimum Gasteiger partial charge on any atom is -0.478 e. The molecule has 0 bridgehead atoms. The summed E-state index contributed by atoms with van der Waals surface area (Å²) in [4.78, 5) is 35.7. The first-order valence-electron chi connectivity index (χ1n) is 51.9. The van der Waals surface area contributed by atoms with Crippen LogP contribution in [0, 0.1) is 154 Å². The van der Waals surface area contributed by atoms with Crippen molar-refractivity contribution in [3.05, 3.63) is 206 Å². The SMILES string of the molecule is C=C(C)[C@@H]1CC[C@]2(N)CC[C@]3(C)[C@H](CC[C@@H]4[C@@]5(C)CC=C(c6ccc(C(=O)OC)cc6)C(C)(C)[C@@H]5CC[C@]43C)[C@@H]12.C=C(C)[C@@H]1CC[C@]2(NCc3ccsc3)CC[C@]3(C)[C@H](CC[C@@H]4[C@@]5(C)CC=C(c6ccc(C(=O)O)cc6)C(C)(C)[C@@H]5CC[C@]43C)[C@@H]12.C=C(C)[C@@H]1CC[C@]2(NCc3ccsc3)CC[C@]3(C)[C@H](CC[C@@H]4[C@@]5(C)CC=C(c6ccc(C(=O)OC)cc6)C(C)(C)[C@@H]5CC[C@]43C)[C@@H]12. The first-order chi connectivity index (χ1) is 61.8. The van der Waals surface area contributed by atoms with Crippen molar-refractivity contribution in [1.82, 2.24) is 10.6 Å². The Labute approximate surface area is 798 Å². The van der Waals surface area contributed by atoms with E-state index in [4.69, 9.17) is 15.2 Å². The van der Waals surface area contributed by atoms with Gasteiger partial charge in [-0.05, 0) is 462 Å². The molecule has 12 fully saturated rings. The van der Waals surface area contributed by atoms with Crippen molar-refractivity contribution in [2.45, 2.75) is 328 Å². The standard InChI is InChI=1S/C42H57NO2S.C41H55NO2S.C37H53NO2/c1-27(2)31-15-21-42(43-25-28-18-24-46-26-28)23-22-40(6)33(36(31)42)13-14-35-39(5)19-16-32(29-9-11-30(12-10-29)37(44)45-8)38(3,4)34(39)17-20-41(35,40)7;1-26(2)30-14-20-41(42-24-27-17-23-45-25-27)22-21-39(6)32(35(30)41)12-13-34-38(5)18-15-31(28-8-10-29(11-9-28)36(43)44)37(3,4)33(38)16-19-40(34,39)7;1-23(2)26-15-20-37(38)22-21-35(6)28(31(26)37)13-14-30-34(5)18-16-27(24-9-11-25(12-10-24)32(39)40-8)33(3,4)29(34)17-19-36(30,35)7/h9-12,16,18,24,26,31,33-36,43H,1,13-15,17,19-23,25H2,2-8H3;8-11,15,17,23,25,30,32-35,42H,1,12-14,16,18-22,24H2,2-7H3,(H,43,44);9-12,16,26,28-31H,1,13-15,17-22,38H2,2-8H3/t31-,33+,34-,35+,36+,39-,40+,41+,42-;30-,32+,33-,34+,35+,38-,39+,40+,41-;26-,28+,29-,30+,31+,34-,35+,36+,37-/m000/s1. The summed E-state index contributed by atoms with van der Waals surface area (Å²) in [6.45, 7) is 61.9. The molecule has 20 rings (SSSR count). The number of carboxylic acids is 1. The lowest BCUT2D eigenvalue weighted by atomic mass is 9.33. The van der Waals surface area contributed by atoms with Crippen LogP contribution in [0.3, 0.4) is 0 Å². The number of nitrogens with one attached hydrogen (secondary N) is 2. The van der Waals surface area contributed by atoms with Crippen LogP contribution >= 0.6 is 22.7 Å². The second-order valence-electron chi connectivity index (χ2n) is 50.7. The quantitative estimate of drug-likeness (QED) is 0.0596. The van der Waals surface area contributed by atoms with Crippen molar-refractivity contribution in [1.29, 1.82) is 0 Å². The predicted molar refractivity (Wildman–Crippen MR) is 543 cm³/mol. The molecule has 11 heteroatoms. The van der Waals surface area contributed by atoms with Gasteiger partial charge in [0.15, 0.2) is 0 Å². The summed E-state index contributed by atoms with van der Waals surface area (Å²) in [7, 11) is 2.90. The first kappa shape index (κ1) is 95.1. The Bertz CT molecular complexity index is 5300. The van der Waals surface area contributed by atoms with Gasteiger partial charge in [0, 0.05) is 29.7 Å². The molecule has 27 atom stereocenters. The molecule has 0 saturated heterocycles. The molecule has 2 aromatic heterocycles. The molecule has 3 aromatic carbocycles. The van der Waals surface area contributed by atoms with Crippen LogP contribution in [-0.2, 0) is 22.6 Å². The van der Waals surface area contributed by atoms with Crippen LogP contribution < -0.4 is 16.4 Å². The number of ether oxygens (including phenoxy) is 2. The number of esters is 2. The summed E-state index contributed by atoms with van der Waals surface area (Å²) < 4.78 is 9.90. The number of methoxy groups -OCH3 is 2. The van der Waals surface area contributed by atoms with E-state index in [1.54, 1.807) is 12.1 Å². The molecular weight excluding hydrogens is 1640 g/mol. The van der Waals surface area contributed by atoms with Crippen LogP contribution in [0.15, 0.2) is 161 Å². The molecule has 0 unspecified atom stereocenters. The summed E-state index contributed by atoms with van der Waals surface area (Å²) in [5.74, 6) is 8.73. The number of hydrogen-bond donors (Lipinski definition) is 4. The van der Waals surface area contributed by atoms with Gasteiger partial charge in [0.25, 0.3) is 0 Å². The van der Waals surface area contributed by atoms with Gasteiger partial charge in [-0.2, -0.15) is 22.7 Å². The molecule has 12 saturated carbocycles. The van der Waals surface area contributed by atoms with Crippen LogP contribution in [0.4, 0.5) is 0 Å². The van der Waals surface area contributed by atoms with E-state index >= 15 is 0 Å². The molecule has 131 heavy (non-hydrogen) atoms. The third kappa shape index (κ3) is 14.4. The summed E-state index contributed by atoms with van der Waals surface area (Å²) in [6, 6.07) is 28.5. The van der Waals surface area contributed by atoms with Crippen LogP contribution in [0.2, 0.25) is 0 Å². The maximum Gasteiger partial charge on any atom is 0.337 e. The third-order valence-electron chi connectivity index (χ3n) is 45.1. The second kappa shape index (κ2) is 33.6. The number of nitrogens with two attached hydrogens (primary N) is 1. The van der Waals surface area contributed by atoms with Crippen molar-refractivity contribution in [2.75, 3.05) is 14.2 Å². The van der Waals surface area contributed by atoms with Crippen LogP contribution in [0.1, 0.15) is 357 Å². The highest BCUT2D eigenvalue weighted by molar-refractivity contribution is 7.08. The van der Waals surface area contributed by atoms with E-state index in [0.29, 0.717) is 120 Å². The predicted octanol–water partition coefficient (Wildman–Crippen LogP) is 30.2. The molecule has 5 aromatic rings. The maximum atomic E-state index is 12.1. The number of carbonyl (C=O) groups excluding carboxylic acids is 2. The summed E-state index contributed by atoms with van der Waals surface area (Å²) in [5, 5.41) is 27.0. The van der Waals surface area contributed by atoms with Crippen molar-refractivity contribution < 1.29 is 29.0 Å². The highest BCUT2D eigenvalue weighted by atomic mass is 32.1. The minimum atomic E-state index is -0.855. The van der Waals surface area contributed by atoms with Gasteiger partial charge in [-0.1, -0.05) is 195 Å². The number of rotatable bonds is 15. The topological polar surface area (TPSA) is 140 Å². The molecule has 2 heterocycles. The summed E-state index contributed by atoms with van der Waals surface area (Å²) in [6.07, 6.45) is 42.4. The molecule has 15 aliphatic rings. The van der Waals surface area contributed by atoms with Crippen molar-refractivity contribution in [2.24, 2.45) is 159 Å². The summed E-state index contributed by atoms with van der Waals surface area (Å²) in [5.41, 5.74) is 27.6. The van der Waals surface area contributed by atoms with Gasteiger partial charge >= 0.3 is 17.9 Å². The van der Waals surface area contributed by atoms with Gasteiger partial charge < -0.3 is 30.9 Å². The van der Waals surface area contributed by atoms with Gasteiger partial charge in [-0.25, -0.2) is 14.4 Å². The normalized spacial score (nSPS) is 42.5. The number of carbonyl (C=O) groups is 3. The highest BCUT2D eigenvalue weighted by Gasteiger charge is 2.75. The number of carboxylic acid groups (broad SMARTS) is 1. The molecule has 15 aliphatic carbocycles. The monoisotopic (exact) mass is 1810 g/mol. The van der Waals surface area contributed by atoms with E-state index in [2.05, 4.69) is 231 Å². The molecule has 0 spiro atoms. The average molecular weight is 1810 g/mol. The van der Waals surface area contributed by atoms with Crippen molar-refractivity contribution in [3.63, 3.8) is 0 Å². The number of hydrogen-bond acceptors (Lipinski definition) is 10. The number of allylic oxidation sites excluding steroid dienone is 9. The van der Waals surface area contributed by atoms with E-state index in [9.17, 15) is 19.5 Å². The van der Waals surface area contributed by atoms with E-state index in [1.165, 1.54) is 230 Å². The molecule has 0 amide bonds. The molecule has 0 aliphatic heterocycles. The molecule has 708 valence electrons. The lowest BCUT2D eigenvalue weighted by Crippen LogP contribution is -2.67. The smallest absolute Gasteiger partial charge is 0.337 e. The van der Waals surface area contributed by atoms with Crippen LogP contribution in [0.25, 0.3) is 16.7 Å². The Morgan fingerprint density at radius 1 is 0.374 bits per heavy atom. The van der Waals surface area contributed by atoms with E-state index in [-0.39, 0.29) is 55.6 Å². The first-order valence-corrected chi connectivity index (χ1v) is 53.8. The van der Waals surface area contributed by atoms with Gasteiger partial charge in [0.2, 0.25) is 0 Å². The van der Waals surface area contributed by atoms with Crippen molar-refractivity contribution in [3.8, 4) is 0 Å². The Balaban J connectivity index is 0.000000132. The number of thiophene rings is 2. The van der Waals surface area contributed by atoms with Crippen molar-refractivity contribution >= 4 is 57.3 Å². The molecule has 9 nitrogen and oxygen atoms in total. The number of benzene rings is 3. The van der Waals surface area contributed by atoms with E-state index in [0.717, 1.165) is 56.0 Å². The van der Waals surface area contributed by atoms with Gasteiger partial charge in [0.05, 0.1) is 30.9 Å². The van der Waals surface area contributed by atoms with Gasteiger partial charge in [0.1, 0.15) is 0 Å². The molecular formula is C120H165N3O6S2. The third-order valence-corrected chi connectivity index (χ3v) is 46.6. The number of aromatic carboxylic acids is 1. The van der Waals surface area contributed by atoms with Crippen LogP contribution in [-0.4, -0.2) is 53.9 Å². The largest absolute Gasteiger partial charge is 0.478 e. The Hall–Kier alpha value is -6.21.